The molecule has 1 heterocycles. The number of allylic oxidation sites excluding steroid dienone is 1. The molecule has 3 rings (SSSR count). The van der Waals surface area contributed by atoms with E-state index in [-0.39, 0.29) is 0 Å². The number of rotatable bonds is 8. The van der Waals surface area contributed by atoms with Gasteiger partial charge in [0.2, 0.25) is 0 Å². The van der Waals surface area contributed by atoms with Crippen molar-refractivity contribution in [2.24, 2.45) is 0 Å². The van der Waals surface area contributed by atoms with Crippen LogP contribution < -0.4 is 9.47 Å². The second-order valence-electron chi connectivity index (χ2n) is 6.29. The molecule has 3 aromatic rings. The molecule has 0 unspecified atom stereocenters. The Morgan fingerprint density at radius 2 is 2.00 bits per heavy atom. The van der Waals surface area contributed by atoms with Crippen LogP contribution in [0.15, 0.2) is 48.5 Å². The van der Waals surface area contributed by atoms with Crippen LogP contribution in [-0.2, 0) is 6.54 Å². The molecule has 0 aliphatic carbocycles. The smallest absolute Gasteiger partial charge is 0.161 e. The van der Waals surface area contributed by atoms with Gasteiger partial charge in [0.05, 0.1) is 24.7 Å². The van der Waals surface area contributed by atoms with Gasteiger partial charge in [0.15, 0.2) is 11.5 Å². The van der Waals surface area contributed by atoms with Crippen LogP contribution in [-0.4, -0.2) is 28.4 Å². The van der Waals surface area contributed by atoms with Crippen molar-refractivity contribution in [2.75, 3.05) is 13.7 Å². The van der Waals surface area contributed by atoms with Crippen molar-refractivity contribution >= 4 is 17.1 Å². The zero-order valence-electron chi connectivity index (χ0n) is 16.1. The zero-order valence-corrected chi connectivity index (χ0v) is 16.1. The Bertz CT molecular complexity index is 930. The Kier molecular flexibility index (Phi) is 6.14. The predicted molar refractivity (Wildman–Crippen MR) is 108 cm³/mol. The van der Waals surface area contributed by atoms with Gasteiger partial charge in [0.1, 0.15) is 18.5 Å². The third-order valence-electron chi connectivity index (χ3n) is 4.49. The lowest BCUT2D eigenvalue weighted by Gasteiger charge is -2.15. The van der Waals surface area contributed by atoms with Gasteiger partial charge in [-0.15, -0.1) is 0 Å². The third-order valence-corrected chi connectivity index (χ3v) is 4.49. The first-order valence-electron chi connectivity index (χ1n) is 9.24. The van der Waals surface area contributed by atoms with Gasteiger partial charge in [-0.3, -0.25) is 0 Å². The maximum Gasteiger partial charge on any atom is 0.161 e. The average molecular weight is 366 g/mol. The fraction of sp³-hybridized carbons (Fsp3) is 0.318. The Labute approximate surface area is 159 Å². The number of benzene rings is 2. The van der Waals surface area contributed by atoms with Gasteiger partial charge in [0, 0.05) is 0 Å². The van der Waals surface area contributed by atoms with E-state index in [0.717, 1.165) is 16.6 Å². The molecule has 0 saturated heterocycles. The zero-order chi connectivity index (χ0) is 19.2. The highest BCUT2D eigenvalue weighted by molar-refractivity contribution is 5.76. The molecule has 1 atom stereocenters. The minimum Gasteiger partial charge on any atom is -0.493 e. The summed E-state index contributed by atoms with van der Waals surface area (Å²) in [7, 11) is 1.64. The number of hydrogen-bond donors (Lipinski definition) is 1. The van der Waals surface area contributed by atoms with Crippen molar-refractivity contribution < 1.29 is 14.6 Å². The van der Waals surface area contributed by atoms with Gasteiger partial charge in [-0.1, -0.05) is 37.3 Å². The van der Waals surface area contributed by atoms with E-state index in [4.69, 9.17) is 9.47 Å². The number of fused-ring (bicyclic) bond motifs is 1. The van der Waals surface area contributed by atoms with Crippen LogP contribution in [0, 0.1) is 0 Å². The number of para-hydroxylation sites is 2. The van der Waals surface area contributed by atoms with Crippen molar-refractivity contribution in [1.29, 1.82) is 0 Å². The van der Waals surface area contributed by atoms with Crippen LogP contribution in [0.5, 0.6) is 11.5 Å². The van der Waals surface area contributed by atoms with Gasteiger partial charge in [-0.05, 0) is 43.2 Å². The SMILES string of the molecule is C/C=C/c1ccc(OCCn2c([C@@H](O)CC)nc3ccccc32)c(OC)c1. The van der Waals surface area contributed by atoms with Crippen molar-refractivity contribution in [3.05, 3.63) is 59.9 Å². The standard InChI is InChI=1S/C22H26N2O3/c1-4-8-16-11-12-20(21(15-16)26-3)27-14-13-24-18-10-7-6-9-17(18)23-22(24)19(25)5-2/h4,6-12,15,19,25H,5,13-14H2,1-3H3/b8-4+/t19-/m0/s1. The van der Waals surface area contributed by atoms with Crippen LogP contribution >= 0.6 is 0 Å². The maximum atomic E-state index is 10.3. The second kappa shape index (κ2) is 8.73. The minimum absolute atomic E-state index is 0.448. The van der Waals surface area contributed by atoms with E-state index in [1.165, 1.54) is 0 Å². The molecule has 5 heteroatoms. The number of aliphatic hydroxyl groups is 1. The number of aliphatic hydroxyl groups excluding tert-OH is 1. The van der Waals surface area contributed by atoms with Crippen molar-refractivity contribution in [2.45, 2.75) is 32.9 Å². The molecule has 27 heavy (non-hydrogen) atoms. The highest BCUT2D eigenvalue weighted by Gasteiger charge is 2.16. The van der Waals surface area contributed by atoms with E-state index in [0.29, 0.717) is 36.9 Å². The lowest BCUT2D eigenvalue weighted by atomic mass is 10.2. The summed E-state index contributed by atoms with van der Waals surface area (Å²) in [6.07, 6.45) is 4.03. The lowest BCUT2D eigenvalue weighted by molar-refractivity contribution is 0.157. The van der Waals surface area contributed by atoms with E-state index >= 15 is 0 Å². The van der Waals surface area contributed by atoms with Gasteiger partial charge in [-0.25, -0.2) is 4.98 Å². The maximum absolute atomic E-state index is 10.3. The molecule has 1 N–H and O–H groups in total. The van der Waals surface area contributed by atoms with E-state index < -0.39 is 6.10 Å². The molecule has 0 radical (unpaired) electrons. The van der Waals surface area contributed by atoms with Gasteiger partial charge in [0.25, 0.3) is 0 Å². The van der Waals surface area contributed by atoms with Gasteiger partial charge in [-0.2, -0.15) is 0 Å². The number of imidazole rings is 1. The molecule has 2 aromatic carbocycles. The minimum atomic E-state index is -0.591. The van der Waals surface area contributed by atoms with Gasteiger partial charge >= 0.3 is 0 Å². The Hall–Kier alpha value is -2.79. The van der Waals surface area contributed by atoms with E-state index in [1.54, 1.807) is 7.11 Å². The first-order chi connectivity index (χ1) is 13.2. The summed E-state index contributed by atoms with van der Waals surface area (Å²) in [5.41, 5.74) is 2.95. The van der Waals surface area contributed by atoms with Crippen LogP contribution in [0.1, 0.15) is 37.8 Å². The Balaban J connectivity index is 1.79. The molecule has 0 saturated carbocycles. The first-order valence-corrected chi connectivity index (χ1v) is 9.24. The van der Waals surface area contributed by atoms with Crippen LogP contribution in [0.4, 0.5) is 0 Å². The molecule has 142 valence electrons. The van der Waals surface area contributed by atoms with Crippen LogP contribution in [0.3, 0.4) is 0 Å². The fourth-order valence-corrected chi connectivity index (χ4v) is 3.11. The van der Waals surface area contributed by atoms with E-state index in [9.17, 15) is 5.11 Å². The monoisotopic (exact) mass is 366 g/mol. The Morgan fingerprint density at radius 1 is 1.19 bits per heavy atom. The van der Waals surface area contributed by atoms with Crippen LogP contribution in [0.25, 0.3) is 17.1 Å². The summed E-state index contributed by atoms with van der Waals surface area (Å²) in [4.78, 5) is 4.60. The molecule has 0 bridgehead atoms. The molecule has 0 amide bonds. The average Bonchev–Trinajstić information content (AvgIpc) is 3.07. The van der Waals surface area contributed by atoms with Gasteiger partial charge < -0.3 is 19.1 Å². The third kappa shape index (κ3) is 4.14. The largest absolute Gasteiger partial charge is 0.493 e. The predicted octanol–water partition coefficient (Wildman–Crippen LogP) is 4.60. The quantitative estimate of drug-likeness (QED) is 0.633. The molecule has 0 aliphatic rings. The lowest BCUT2D eigenvalue weighted by Crippen LogP contribution is -2.14. The summed E-state index contributed by atoms with van der Waals surface area (Å²) in [6.45, 7) is 4.96. The summed E-state index contributed by atoms with van der Waals surface area (Å²) in [6, 6.07) is 13.8. The molecular formula is C22H26N2O3. The van der Waals surface area contributed by atoms with Crippen molar-refractivity contribution in [3.8, 4) is 11.5 Å². The van der Waals surface area contributed by atoms with Crippen molar-refractivity contribution in [1.82, 2.24) is 9.55 Å². The number of aromatic nitrogens is 2. The number of methoxy groups -OCH3 is 1. The summed E-state index contributed by atoms with van der Waals surface area (Å²) in [5, 5.41) is 10.3. The van der Waals surface area contributed by atoms with Crippen LogP contribution in [0.2, 0.25) is 0 Å². The topological polar surface area (TPSA) is 56.5 Å². The molecule has 5 nitrogen and oxygen atoms in total. The van der Waals surface area contributed by atoms with Crippen molar-refractivity contribution in [3.63, 3.8) is 0 Å². The molecule has 0 spiro atoms. The molecule has 1 aromatic heterocycles. The summed E-state index contributed by atoms with van der Waals surface area (Å²) < 4.78 is 13.5. The molecular weight excluding hydrogens is 340 g/mol. The second-order valence-corrected chi connectivity index (χ2v) is 6.29. The highest BCUT2D eigenvalue weighted by Crippen LogP contribution is 2.29. The number of hydrogen-bond acceptors (Lipinski definition) is 4. The molecule has 0 fully saturated rings. The molecule has 0 aliphatic heterocycles. The highest BCUT2D eigenvalue weighted by atomic mass is 16.5. The van der Waals surface area contributed by atoms with E-state index in [2.05, 4.69) is 4.98 Å². The Morgan fingerprint density at radius 3 is 2.74 bits per heavy atom. The summed E-state index contributed by atoms with van der Waals surface area (Å²) in [5.74, 6) is 2.08. The normalized spacial score (nSPS) is 12.6. The fourth-order valence-electron chi connectivity index (χ4n) is 3.11. The number of ether oxygens (including phenoxy) is 2. The summed E-state index contributed by atoms with van der Waals surface area (Å²) >= 11 is 0. The number of nitrogens with zero attached hydrogens (tertiary/aromatic N) is 2. The van der Waals surface area contributed by atoms with E-state index in [1.807, 2.05) is 73.0 Å². The first kappa shape index (κ1) is 19.0.